The van der Waals surface area contributed by atoms with Crippen molar-refractivity contribution >= 4 is 5.91 Å². The summed E-state index contributed by atoms with van der Waals surface area (Å²) in [7, 11) is 0. The molecule has 1 atom stereocenters. The third-order valence-corrected chi connectivity index (χ3v) is 3.54. The molecule has 0 spiro atoms. The first-order valence-electron chi connectivity index (χ1n) is 7.47. The number of rotatable bonds is 4. The van der Waals surface area contributed by atoms with Gasteiger partial charge >= 0.3 is 0 Å². The van der Waals surface area contributed by atoms with Crippen molar-refractivity contribution in [1.82, 2.24) is 15.5 Å². The van der Waals surface area contributed by atoms with Gasteiger partial charge in [0.25, 0.3) is 5.91 Å². The standard InChI is InChI=1S/C18H13FN4O2/c1-11(21-17(24)14-4-2-12(10-20)3-5-14)18-22-16(23-25-18)13-6-8-15(19)9-7-13/h2-9,11H,1H3,(H,21,24)/t11-/m1/s1. The van der Waals surface area contributed by atoms with E-state index >= 15 is 0 Å². The summed E-state index contributed by atoms with van der Waals surface area (Å²) in [6.07, 6.45) is 0. The molecule has 0 saturated carbocycles. The van der Waals surface area contributed by atoms with Crippen molar-refractivity contribution in [2.75, 3.05) is 0 Å². The van der Waals surface area contributed by atoms with E-state index in [4.69, 9.17) is 9.78 Å². The van der Waals surface area contributed by atoms with Gasteiger partial charge in [0.2, 0.25) is 11.7 Å². The molecule has 0 aliphatic carbocycles. The topological polar surface area (TPSA) is 91.8 Å². The van der Waals surface area contributed by atoms with Crippen LogP contribution >= 0.6 is 0 Å². The summed E-state index contributed by atoms with van der Waals surface area (Å²) < 4.78 is 18.1. The van der Waals surface area contributed by atoms with Crippen molar-refractivity contribution in [1.29, 1.82) is 5.26 Å². The number of halogens is 1. The molecule has 2 aromatic carbocycles. The highest BCUT2D eigenvalue weighted by Gasteiger charge is 2.18. The number of carbonyl (C=O) groups is 1. The minimum absolute atomic E-state index is 0.237. The van der Waals surface area contributed by atoms with Gasteiger partial charge in [0.05, 0.1) is 11.6 Å². The predicted molar refractivity (Wildman–Crippen MR) is 86.7 cm³/mol. The second kappa shape index (κ2) is 6.93. The third kappa shape index (κ3) is 3.70. The maximum absolute atomic E-state index is 13.0. The van der Waals surface area contributed by atoms with E-state index in [-0.39, 0.29) is 17.6 Å². The molecule has 1 heterocycles. The van der Waals surface area contributed by atoms with Crippen LogP contribution in [0.2, 0.25) is 0 Å². The number of nitriles is 1. The van der Waals surface area contributed by atoms with Crippen LogP contribution in [0, 0.1) is 17.1 Å². The molecule has 0 aliphatic rings. The van der Waals surface area contributed by atoms with Gasteiger partial charge < -0.3 is 9.84 Å². The van der Waals surface area contributed by atoms with Crippen LogP contribution in [0.1, 0.15) is 34.8 Å². The second-order valence-electron chi connectivity index (χ2n) is 5.35. The monoisotopic (exact) mass is 336 g/mol. The molecule has 0 aliphatic heterocycles. The van der Waals surface area contributed by atoms with Gasteiger partial charge in [0.15, 0.2) is 0 Å². The van der Waals surface area contributed by atoms with Gasteiger partial charge in [-0.3, -0.25) is 4.79 Å². The maximum Gasteiger partial charge on any atom is 0.251 e. The molecule has 1 aromatic heterocycles. The summed E-state index contributed by atoms with van der Waals surface area (Å²) in [6.45, 7) is 1.71. The van der Waals surface area contributed by atoms with Gasteiger partial charge in [-0.05, 0) is 55.5 Å². The van der Waals surface area contributed by atoms with E-state index in [2.05, 4.69) is 15.5 Å². The minimum Gasteiger partial charge on any atom is -0.341 e. The van der Waals surface area contributed by atoms with Crippen molar-refractivity contribution in [3.8, 4) is 17.5 Å². The first kappa shape index (κ1) is 16.3. The van der Waals surface area contributed by atoms with Crippen molar-refractivity contribution < 1.29 is 13.7 Å². The van der Waals surface area contributed by atoms with Crippen LogP contribution in [0.4, 0.5) is 4.39 Å². The Hall–Kier alpha value is -3.53. The highest BCUT2D eigenvalue weighted by molar-refractivity contribution is 5.94. The molecule has 25 heavy (non-hydrogen) atoms. The molecular formula is C18H13FN4O2. The molecule has 7 heteroatoms. The summed E-state index contributed by atoms with van der Waals surface area (Å²) >= 11 is 0. The number of nitrogens with one attached hydrogen (secondary N) is 1. The average Bonchev–Trinajstić information content (AvgIpc) is 3.12. The van der Waals surface area contributed by atoms with Crippen molar-refractivity contribution in [2.24, 2.45) is 0 Å². The van der Waals surface area contributed by atoms with Gasteiger partial charge in [0, 0.05) is 11.1 Å². The lowest BCUT2D eigenvalue weighted by molar-refractivity contribution is 0.0932. The fourth-order valence-electron chi connectivity index (χ4n) is 2.17. The fourth-order valence-corrected chi connectivity index (χ4v) is 2.17. The van der Waals surface area contributed by atoms with Crippen LogP contribution in [0.5, 0.6) is 0 Å². The Bertz CT molecular complexity index is 927. The number of hydrogen-bond acceptors (Lipinski definition) is 5. The summed E-state index contributed by atoms with van der Waals surface area (Å²) in [5, 5.41) is 15.4. The smallest absolute Gasteiger partial charge is 0.251 e. The van der Waals surface area contributed by atoms with E-state index in [9.17, 15) is 9.18 Å². The van der Waals surface area contributed by atoms with Crippen LogP contribution in [0.3, 0.4) is 0 Å². The number of amides is 1. The molecule has 1 amide bonds. The van der Waals surface area contributed by atoms with E-state index in [1.165, 1.54) is 12.1 Å². The predicted octanol–water partition coefficient (Wildman–Crippen LogP) is 3.24. The molecule has 0 fully saturated rings. The minimum atomic E-state index is -0.509. The Labute approximate surface area is 142 Å². The molecule has 3 aromatic rings. The zero-order chi connectivity index (χ0) is 17.8. The zero-order valence-corrected chi connectivity index (χ0v) is 13.2. The number of benzene rings is 2. The van der Waals surface area contributed by atoms with Crippen LogP contribution in [0.15, 0.2) is 53.1 Å². The van der Waals surface area contributed by atoms with Gasteiger partial charge in [-0.1, -0.05) is 5.16 Å². The van der Waals surface area contributed by atoms with E-state index in [0.29, 0.717) is 22.5 Å². The summed E-state index contributed by atoms with van der Waals surface area (Å²) in [6, 6.07) is 13.5. The molecule has 1 N–H and O–H groups in total. The van der Waals surface area contributed by atoms with Gasteiger partial charge in [0.1, 0.15) is 11.9 Å². The molecule has 0 unspecified atom stereocenters. The van der Waals surface area contributed by atoms with Crippen LogP contribution in [-0.2, 0) is 0 Å². The number of carbonyl (C=O) groups excluding carboxylic acids is 1. The van der Waals surface area contributed by atoms with E-state index in [0.717, 1.165) is 0 Å². The Morgan fingerprint density at radius 2 is 1.88 bits per heavy atom. The lowest BCUT2D eigenvalue weighted by Gasteiger charge is -2.09. The van der Waals surface area contributed by atoms with Crippen LogP contribution in [-0.4, -0.2) is 16.0 Å². The van der Waals surface area contributed by atoms with Crippen molar-refractivity contribution in [2.45, 2.75) is 13.0 Å². The Morgan fingerprint density at radius 1 is 1.20 bits per heavy atom. The molecule has 0 bridgehead atoms. The summed E-state index contributed by atoms with van der Waals surface area (Å²) in [5.74, 6) is -0.121. The fraction of sp³-hybridized carbons (Fsp3) is 0.111. The SMILES string of the molecule is C[C@@H](NC(=O)c1ccc(C#N)cc1)c1nc(-c2ccc(F)cc2)no1. The molecule has 0 radical (unpaired) electrons. The third-order valence-electron chi connectivity index (χ3n) is 3.54. The highest BCUT2D eigenvalue weighted by atomic mass is 19.1. The highest BCUT2D eigenvalue weighted by Crippen LogP contribution is 2.19. The van der Waals surface area contributed by atoms with Gasteiger partial charge in [-0.25, -0.2) is 4.39 Å². The lowest BCUT2D eigenvalue weighted by Crippen LogP contribution is -2.26. The normalized spacial score (nSPS) is 11.6. The zero-order valence-electron chi connectivity index (χ0n) is 13.2. The number of aromatic nitrogens is 2. The largest absolute Gasteiger partial charge is 0.341 e. The van der Waals surface area contributed by atoms with E-state index in [1.54, 1.807) is 43.3 Å². The van der Waals surface area contributed by atoms with Gasteiger partial charge in [-0.2, -0.15) is 10.2 Å². The Balaban J connectivity index is 1.70. The van der Waals surface area contributed by atoms with Crippen LogP contribution in [0.25, 0.3) is 11.4 Å². The average molecular weight is 336 g/mol. The van der Waals surface area contributed by atoms with Gasteiger partial charge in [-0.15, -0.1) is 0 Å². The molecule has 0 saturated heterocycles. The number of nitrogens with zero attached hydrogens (tertiary/aromatic N) is 3. The number of hydrogen-bond donors (Lipinski definition) is 1. The summed E-state index contributed by atoms with van der Waals surface area (Å²) in [5.41, 5.74) is 1.51. The molecular weight excluding hydrogens is 323 g/mol. The molecule has 3 rings (SSSR count). The van der Waals surface area contributed by atoms with E-state index in [1.807, 2.05) is 6.07 Å². The first-order chi connectivity index (χ1) is 12.1. The maximum atomic E-state index is 13.0. The quantitative estimate of drug-likeness (QED) is 0.789. The van der Waals surface area contributed by atoms with E-state index < -0.39 is 6.04 Å². The van der Waals surface area contributed by atoms with Crippen molar-refractivity contribution in [3.05, 3.63) is 71.4 Å². The molecule has 124 valence electrons. The Kier molecular flexibility index (Phi) is 4.53. The van der Waals surface area contributed by atoms with Crippen molar-refractivity contribution in [3.63, 3.8) is 0 Å². The molecule has 6 nitrogen and oxygen atoms in total. The summed E-state index contributed by atoms with van der Waals surface area (Å²) in [4.78, 5) is 16.4. The van der Waals surface area contributed by atoms with Crippen LogP contribution < -0.4 is 5.32 Å². The lowest BCUT2D eigenvalue weighted by atomic mass is 10.1. The first-order valence-corrected chi connectivity index (χ1v) is 7.47. The Morgan fingerprint density at radius 3 is 2.52 bits per heavy atom. The second-order valence-corrected chi connectivity index (χ2v) is 5.35.